The number of nitrogens with one attached hydrogen (secondary N) is 1. The van der Waals surface area contributed by atoms with Crippen LogP contribution in [0, 0.1) is 0 Å². The van der Waals surface area contributed by atoms with Crippen LogP contribution in [0.25, 0.3) is 0 Å². The van der Waals surface area contributed by atoms with Gasteiger partial charge in [0.25, 0.3) is 0 Å². The number of carbonyl (C=O) groups is 2. The number of ether oxygens (including phenoxy) is 1. The Morgan fingerprint density at radius 1 is 1.07 bits per heavy atom. The number of nitrogens with zero attached hydrogens (tertiary/aromatic N) is 2. The van der Waals surface area contributed by atoms with Crippen LogP contribution in [-0.2, 0) is 20.5 Å². The molecule has 0 aromatic heterocycles. The van der Waals surface area contributed by atoms with Crippen LogP contribution >= 0.6 is 0 Å². The van der Waals surface area contributed by atoms with E-state index in [4.69, 9.17) is 4.74 Å². The monoisotopic (exact) mass is 413 g/mol. The van der Waals surface area contributed by atoms with Crippen molar-refractivity contribution >= 4 is 23.2 Å². The highest BCUT2D eigenvalue weighted by Gasteiger charge is 2.32. The van der Waals surface area contributed by atoms with E-state index in [1.807, 2.05) is 4.90 Å². The molecule has 1 aromatic rings. The average Bonchev–Trinajstić information content (AvgIpc) is 2.68. The molecule has 0 atom stereocenters. The Bertz CT molecular complexity index is 733. The largest absolute Gasteiger partial charge is 0.416 e. The van der Waals surface area contributed by atoms with Gasteiger partial charge in [0.1, 0.15) is 0 Å². The van der Waals surface area contributed by atoms with Gasteiger partial charge in [-0.15, -0.1) is 0 Å². The number of alkyl halides is 3. The van der Waals surface area contributed by atoms with Crippen molar-refractivity contribution in [3.05, 3.63) is 23.8 Å². The minimum Gasteiger partial charge on any atom is -0.378 e. The van der Waals surface area contributed by atoms with Crippen molar-refractivity contribution in [1.29, 1.82) is 0 Å². The molecule has 2 heterocycles. The first kappa shape index (κ1) is 21.4. The highest BCUT2D eigenvalue weighted by atomic mass is 19.4. The number of hydrogen-bond acceptors (Lipinski definition) is 4. The second kappa shape index (κ2) is 9.47. The number of benzene rings is 1. The lowest BCUT2D eigenvalue weighted by Gasteiger charge is -2.31. The lowest BCUT2D eigenvalue weighted by Crippen LogP contribution is -2.40. The Kier molecular flexibility index (Phi) is 7.00. The van der Waals surface area contributed by atoms with Gasteiger partial charge in [-0.2, -0.15) is 13.2 Å². The zero-order valence-electron chi connectivity index (χ0n) is 16.3. The second-order valence-corrected chi connectivity index (χ2v) is 7.36. The zero-order valence-corrected chi connectivity index (χ0v) is 16.3. The lowest BCUT2D eigenvalue weighted by atomic mass is 10.1. The van der Waals surface area contributed by atoms with Gasteiger partial charge in [-0.3, -0.25) is 9.59 Å². The second-order valence-electron chi connectivity index (χ2n) is 7.36. The summed E-state index contributed by atoms with van der Waals surface area (Å²) in [4.78, 5) is 28.2. The molecule has 0 saturated carbocycles. The molecule has 2 saturated heterocycles. The molecule has 1 N–H and O–H groups in total. The molecule has 9 heteroatoms. The molecule has 0 radical (unpaired) electrons. The van der Waals surface area contributed by atoms with Crippen molar-refractivity contribution in [2.75, 3.05) is 49.6 Å². The van der Waals surface area contributed by atoms with Gasteiger partial charge in [0.2, 0.25) is 11.8 Å². The van der Waals surface area contributed by atoms with Crippen molar-refractivity contribution < 1.29 is 27.5 Å². The maximum Gasteiger partial charge on any atom is 0.416 e. The summed E-state index contributed by atoms with van der Waals surface area (Å²) in [7, 11) is 0. The molecule has 2 amide bonds. The Morgan fingerprint density at radius 2 is 1.79 bits per heavy atom. The van der Waals surface area contributed by atoms with Gasteiger partial charge in [-0.1, -0.05) is 12.8 Å². The van der Waals surface area contributed by atoms with E-state index >= 15 is 0 Å². The Hall–Kier alpha value is -2.29. The lowest BCUT2D eigenvalue weighted by molar-refractivity contribution is -0.137. The fourth-order valence-corrected chi connectivity index (χ4v) is 3.64. The fraction of sp³-hybridized carbons (Fsp3) is 0.600. The van der Waals surface area contributed by atoms with E-state index in [0.717, 1.165) is 37.8 Å². The molecule has 3 rings (SSSR count). The third-order valence-corrected chi connectivity index (χ3v) is 5.21. The van der Waals surface area contributed by atoms with E-state index in [1.165, 1.54) is 11.0 Å². The third-order valence-electron chi connectivity index (χ3n) is 5.21. The average molecular weight is 413 g/mol. The summed E-state index contributed by atoms with van der Waals surface area (Å²) in [5.41, 5.74) is -0.202. The topological polar surface area (TPSA) is 61.9 Å². The van der Waals surface area contributed by atoms with Crippen LogP contribution in [0.1, 0.15) is 37.7 Å². The molecule has 2 aliphatic heterocycles. The van der Waals surface area contributed by atoms with E-state index in [9.17, 15) is 22.8 Å². The first-order valence-corrected chi connectivity index (χ1v) is 9.96. The van der Waals surface area contributed by atoms with Crippen LogP contribution in [-0.4, -0.2) is 56.1 Å². The molecule has 2 aliphatic rings. The number of halogens is 3. The van der Waals surface area contributed by atoms with E-state index < -0.39 is 17.6 Å². The van der Waals surface area contributed by atoms with Crippen molar-refractivity contribution in [3.63, 3.8) is 0 Å². The Labute approximate surface area is 168 Å². The third kappa shape index (κ3) is 5.85. The van der Waals surface area contributed by atoms with Crippen molar-refractivity contribution in [2.24, 2.45) is 0 Å². The first-order chi connectivity index (χ1) is 13.8. The molecule has 160 valence electrons. The summed E-state index contributed by atoms with van der Waals surface area (Å²) in [5, 5.41) is 2.61. The smallest absolute Gasteiger partial charge is 0.378 e. The summed E-state index contributed by atoms with van der Waals surface area (Å²) in [6.07, 6.45) is -0.496. The van der Waals surface area contributed by atoms with Crippen LogP contribution in [0.4, 0.5) is 24.5 Å². The van der Waals surface area contributed by atoms with Gasteiger partial charge in [-0.25, -0.2) is 0 Å². The molecule has 0 spiro atoms. The van der Waals surface area contributed by atoms with Gasteiger partial charge in [0, 0.05) is 26.1 Å². The highest BCUT2D eigenvalue weighted by molar-refractivity contribution is 5.97. The quantitative estimate of drug-likeness (QED) is 0.823. The van der Waals surface area contributed by atoms with E-state index in [2.05, 4.69) is 5.32 Å². The summed E-state index contributed by atoms with van der Waals surface area (Å²) in [6.45, 7) is 2.33. The van der Waals surface area contributed by atoms with Gasteiger partial charge < -0.3 is 19.9 Å². The minimum atomic E-state index is -4.51. The van der Waals surface area contributed by atoms with Crippen LogP contribution in [0.3, 0.4) is 0 Å². The number of morpholine rings is 1. The molecule has 6 nitrogen and oxygen atoms in total. The summed E-state index contributed by atoms with van der Waals surface area (Å²) in [5.74, 6) is -0.579. The molecule has 0 bridgehead atoms. The maximum absolute atomic E-state index is 13.2. The van der Waals surface area contributed by atoms with Crippen LogP contribution in [0.15, 0.2) is 18.2 Å². The number of rotatable bonds is 4. The predicted molar refractivity (Wildman–Crippen MR) is 103 cm³/mol. The SMILES string of the molecule is O=C(CN1CCCCCCC1=O)Nc1cc(C(F)(F)F)ccc1N1CCOCC1. The number of anilines is 2. The van der Waals surface area contributed by atoms with Gasteiger partial charge in [0.15, 0.2) is 0 Å². The summed E-state index contributed by atoms with van der Waals surface area (Å²) >= 11 is 0. The predicted octanol–water partition coefficient (Wildman–Crippen LogP) is 3.27. The van der Waals surface area contributed by atoms with Crippen LogP contribution in [0.5, 0.6) is 0 Å². The van der Waals surface area contributed by atoms with Crippen molar-refractivity contribution in [2.45, 2.75) is 38.3 Å². The van der Waals surface area contributed by atoms with Gasteiger partial charge in [0.05, 0.1) is 36.7 Å². The number of hydrogen-bond donors (Lipinski definition) is 1. The summed E-state index contributed by atoms with van der Waals surface area (Å²) in [6, 6.07) is 3.35. The molecular weight excluding hydrogens is 387 g/mol. The van der Waals surface area contributed by atoms with Crippen LogP contribution in [0.2, 0.25) is 0 Å². The maximum atomic E-state index is 13.2. The molecule has 0 unspecified atom stereocenters. The van der Waals surface area contributed by atoms with Crippen molar-refractivity contribution in [3.8, 4) is 0 Å². The zero-order chi connectivity index (χ0) is 20.9. The number of carbonyl (C=O) groups excluding carboxylic acids is 2. The Balaban J connectivity index is 1.77. The molecule has 0 aliphatic carbocycles. The highest BCUT2D eigenvalue weighted by Crippen LogP contribution is 2.35. The summed E-state index contributed by atoms with van der Waals surface area (Å²) < 4.78 is 44.9. The van der Waals surface area contributed by atoms with E-state index in [1.54, 1.807) is 0 Å². The molecule has 1 aromatic carbocycles. The molecule has 2 fully saturated rings. The van der Waals surface area contributed by atoms with Gasteiger partial charge >= 0.3 is 6.18 Å². The first-order valence-electron chi connectivity index (χ1n) is 9.96. The Morgan fingerprint density at radius 3 is 2.52 bits per heavy atom. The normalized spacial score (nSPS) is 18.9. The van der Waals surface area contributed by atoms with Crippen LogP contribution < -0.4 is 10.2 Å². The standard InChI is InChI=1S/C20H26F3N3O3/c21-20(22,23)15-6-7-17(25-9-11-29-12-10-25)16(13-15)24-18(27)14-26-8-4-2-1-3-5-19(26)28/h6-7,13H,1-5,8-12,14H2,(H,24,27). The fourth-order valence-electron chi connectivity index (χ4n) is 3.64. The molecule has 29 heavy (non-hydrogen) atoms. The van der Waals surface area contributed by atoms with E-state index in [0.29, 0.717) is 45.0 Å². The number of amides is 2. The number of likely N-dealkylation sites (tertiary alicyclic amines) is 1. The van der Waals surface area contributed by atoms with Crippen molar-refractivity contribution in [1.82, 2.24) is 4.90 Å². The van der Waals surface area contributed by atoms with Gasteiger partial charge in [-0.05, 0) is 31.0 Å². The molecular formula is C20H26F3N3O3. The minimum absolute atomic E-state index is 0.0858. The van der Waals surface area contributed by atoms with E-state index in [-0.39, 0.29) is 18.1 Å².